The number of phosphoric ester groups is 1. The van der Waals surface area contributed by atoms with E-state index < -0.39 is 44.2 Å². The van der Waals surface area contributed by atoms with Gasteiger partial charge < -0.3 is 24.8 Å². The third-order valence-electron chi connectivity index (χ3n) is 10.2. The van der Waals surface area contributed by atoms with Gasteiger partial charge in [0, 0.05) is 6.61 Å². The van der Waals surface area contributed by atoms with Crippen molar-refractivity contribution >= 4 is 19.2 Å². The number of unbranched alkanes of at least 4 members (excludes halogenated alkanes) is 14. The van der Waals surface area contributed by atoms with Gasteiger partial charge in [-0.1, -0.05) is 96.8 Å². The summed E-state index contributed by atoms with van der Waals surface area (Å²) in [5, 5.41) is 23.6. The molecule has 0 bridgehead atoms. The van der Waals surface area contributed by atoms with Crippen molar-refractivity contribution in [2.45, 2.75) is 147 Å². The van der Waals surface area contributed by atoms with E-state index in [1.807, 2.05) is 6.07 Å². The number of fused-ring (bicyclic) bond motifs is 1. The number of aromatic nitrogens is 3. The molecule has 0 spiro atoms. The van der Waals surface area contributed by atoms with Crippen LogP contribution in [0.3, 0.4) is 0 Å². The number of halogens is 1. The number of nitriles is 2. The second-order valence-corrected chi connectivity index (χ2v) is 16.6. The van der Waals surface area contributed by atoms with Crippen LogP contribution in [0.25, 0.3) is 5.52 Å². The fourth-order valence-electron chi connectivity index (χ4n) is 6.89. The summed E-state index contributed by atoms with van der Waals surface area (Å²) in [5.74, 6) is -0.282. The summed E-state index contributed by atoms with van der Waals surface area (Å²) in [5.41, 5.74) is 5.00. The Kier molecular flexibility index (Phi) is 18.6. The van der Waals surface area contributed by atoms with Gasteiger partial charge in [-0.3, -0.25) is 9.05 Å². The average molecular weight is 799 g/mol. The molecular formula is C41H60FN6O7P. The van der Waals surface area contributed by atoms with E-state index in [2.05, 4.69) is 23.1 Å². The van der Waals surface area contributed by atoms with Gasteiger partial charge in [0.1, 0.15) is 42.0 Å². The molecule has 2 aromatic heterocycles. The van der Waals surface area contributed by atoms with E-state index in [1.165, 1.54) is 95.5 Å². The van der Waals surface area contributed by atoms with Crippen LogP contribution in [0, 0.1) is 28.5 Å². The van der Waals surface area contributed by atoms with Gasteiger partial charge in [0.15, 0.2) is 11.4 Å². The van der Waals surface area contributed by atoms with Crippen molar-refractivity contribution in [2.24, 2.45) is 0 Å². The Bertz CT molecular complexity index is 1780. The second-order valence-electron chi connectivity index (χ2n) is 15.2. The van der Waals surface area contributed by atoms with E-state index >= 15 is 0 Å². The molecule has 1 fully saturated rings. The lowest BCUT2D eigenvalue weighted by Crippen LogP contribution is -2.39. The minimum atomic E-state index is -4.73. The molecule has 3 N–H and O–H groups in total. The highest BCUT2D eigenvalue weighted by atomic mass is 31.2. The van der Waals surface area contributed by atoms with Crippen molar-refractivity contribution in [3.05, 3.63) is 59.3 Å². The van der Waals surface area contributed by atoms with Crippen LogP contribution in [0.5, 0.6) is 0 Å². The number of ether oxygens (including phenoxy) is 3. The highest BCUT2D eigenvalue weighted by Crippen LogP contribution is 2.48. The zero-order valence-corrected chi connectivity index (χ0v) is 34.0. The molecule has 0 radical (unpaired) electrons. The van der Waals surface area contributed by atoms with Crippen LogP contribution in [0.1, 0.15) is 146 Å². The van der Waals surface area contributed by atoms with E-state index in [-0.39, 0.29) is 25.2 Å². The standard InChI is InChI=1S/C41H60FN6O7P/c1-3-4-5-6-7-8-9-10-11-12-13-14-15-16-17-22-51-29-40(2,52-27-34-23-33(26-43)24-35(42)25-34)30-53-56(49,50)54-31-41(28-44)21-20-38(55-41)36-18-19-37-39(45)46-32-47-48(36)37/h18-19,23-25,32,38H,3-17,20-22,27,29-31H2,1-2H3,(H,49,50)(H2,45,46,47)/t38-,40-,41-/m1/s1. The van der Waals surface area contributed by atoms with Gasteiger partial charge in [-0.25, -0.2) is 18.5 Å². The van der Waals surface area contributed by atoms with Crippen molar-refractivity contribution in [3.8, 4) is 12.1 Å². The first-order chi connectivity index (χ1) is 27.0. The van der Waals surface area contributed by atoms with Crippen molar-refractivity contribution in [2.75, 3.05) is 32.2 Å². The lowest BCUT2D eigenvalue weighted by Gasteiger charge is -2.30. The first-order valence-corrected chi connectivity index (χ1v) is 21.7. The number of rotatable bonds is 28. The smallest absolute Gasteiger partial charge is 0.382 e. The summed E-state index contributed by atoms with van der Waals surface area (Å²) in [6.45, 7) is 3.33. The van der Waals surface area contributed by atoms with Gasteiger partial charge >= 0.3 is 7.82 Å². The van der Waals surface area contributed by atoms with E-state index in [4.69, 9.17) is 29.0 Å². The van der Waals surface area contributed by atoms with Crippen LogP contribution in [0.4, 0.5) is 10.2 Å². The van der Waals surface area contributed by atoms with Crippen LogP contribution in [-0.2, 0) is 34.4 Å². The monoisotopic (exact) mass is 798 g/mol. The third-order valence-corrected chi connectivity index (χ3v) is 11.1. The first kappa shape index (κ1) is 45.2. The van der Waals surface area contributed by atoms with Gasteiger partial charge in [-0.2, -0.15) is 15.6 Å². The van der Waals surface area contributed by atoms with Gasteiger partial charge in [-0.05, 0) is 62.1 Å². The van der Waals surface area contributed by atoms with Gasteiger partial charge in [0.05, 0.1) is 37.1 Å². The Morgan fingerprint density at radius 3 is 2.30 bits per heavy atom. The Morgan fingerprint density at radius 1 is 1.00 bits per heavy atom. The molecule has 13 nitrogen and oxygen atoms in total. The van der Waals surface area contributed by atoms with Crippen LogP contribution >= 0.6 is 7.82 Å². The summed E-state index contributed by atoms with van der Waals surface area (Å²) < 4.78 is 57.8. The summed E-state index contributed by atoms with van der Waals surface area (Å²) in [7, 11) is -4.73. The molecule has 0 saturated carbocycles. The maximum Gasteiger partial charge on any atom is 0.472 e. The highest BCUT2D eigenvalue weighted by molar-refractivity contribution is 7.47. The average Bonchev–Trinajstić information content (AvgIpc) is 3.83. The quantitative estimate of drug-likeness (QED) is 0.0524. The number of nitrogen functional groups attached to an aromatic ring is 1. The van der Waals surface area contributed by atoms with Crippen molar-refractivity contribution in [1.82, 2.24) is 14.6 Å². The van der Waals surface area contributed by atoms with Crippen LogP contribution in [0.2, 0.25) is 0 Å². The van der Waals surface area contributed by atoms with Gasteiger partial charge in [0.2, 0.25) is 0 Å². The molecule has 1 aliphatic heterocycles. The Morgan fingerprint density at radius 2 is 1.66 bits per heavy atom. The summed E-state index contributed by atoms with van der Waals surface area (Å²) in [6, 6.07) is 11.5. The van der Waals surface area contributed by atoms with E-state index in [0.29, 0.717) is 35.6 Å². The Hall–Kier alpha value is -3.46. The van der Waals surface area contributed by atoms with Crippen molar-refractivity contribution < 1.29 is 37.1 Å². The second kappa shape index (κ2) is 23.1. The molecule has 1 aromatic carbocycles. The predicted molar refractivity (Wildman–Crippen MR) is 211 cm³/mol. The number of anilines is 1. The lowest BCUT2D eigenvalue weighted by atomic mass is 10.0. The van der Waals surface area contributed by atoms with E-state index in [0.717, 1.165) is 25.3 Å². The number of nitrogens with two attached hydrogens (primary N) is 1. The molecule has 3 heterocycles. The maximum absolute atomic E-state index is 14.1. The number of hydrogen-bond acceptors (Lipinski definition) is 11. The van der Waals surface area contributed by atoms with Crippen LogP contribution in [0.15, 0.2) is 36.7 Å². The molecule has 1 aliphatic rings. The minimum absolute atomic E-state index is 0.0122. The molecule has 15 heteroatoms. The lowest BCUT2D eigenvalue weighted by molar-refractivity contribution is -0.120. The van der Waals surface area contributed by atoms with Crippen LogP contribution < -0.4 is 5.73 Å². The number of hydrogen-bond donors (Lipinski definition) is 2. The summed E-state index contributed by atoms with van der Waals surface area (Å²) in [4.78, 5) is 14.7. The predicted octanol–water partition coefficient (Wildman–Crippen LogP) is 9.43. The van der Waals surface area contributed by atoms with E-state index in [1.54, 1.807) is 23.6 Å². The SMILES string of the molecule is CCCCCCCCCCCCCCCCCOC[C@](C)(COP(=O)(O)OC[C@]1(C#N)CC[C@H](c2ccc3c(N)ncnn23)O1)OCc1cc(F)cc(C#N)c1. The molecule has 56 heavy (non-hydrogen) atoms. The van der Waals surface area contributed by atoms with E-state index in [9.17, 15) is 24.4 Å². The van der Waals surface area contributed by atoms with Gasteiger partial charge in [-0.15, -0.1) is 0 Å². The minimum Gasteiger partial charge on any atom is -0.382 e. The fourth-order valence-corrected chi connectivity index (χ4v) is 7.77. The summed E-state index contributed by atoms with van der Waals surface area (Å²) >= 11 is 0. The Balaban J connectivity index is 1.21. The molecule has 4 rings (SSSR count). The molecule has 1 saturated heterocycles. The zero-order valence-electron chi connectivity index (χ0n) is 33.1. The molecular weight excluding hydrogens is 738 g/mol. The Labute approximate surface area is 331 Å². The molecule has 0 aliphatic carbocycles. The number of phosphoric acid groups is 1. The molecule has 308 valence electrons. The normalized spacial score (nSPS) is 19.1. The van der Waals surface area contributed by atoms with Gasteiger partial charge in [0.25, 0.3) is 0 Å². The zero-order chi connectivity index (χ0) is 40.3. The molecule has 4 atom stereocenters. The van der Waals surface area contributed by atoms with Crippen LogP contribution in [-0.4, -0.2) is 57.1 Å². The number of nitrogens with zero attached hydrogens (tertiary/aromatic N) is 5. The molecule has 1 unspecified atom stereocenters. The topological polar surface area (TPSA) is 187 Å². The highest BCUT2D eigenvalue weighted by Gasteiger charge is 2.45. The maximum atomic E-state index is 14.1. The third kappa shape index (κ3) is 14.8. The fraction of sp³-hybridized carbons (Fsp3) is 0.659. The largest absolute Gasteiger partial charge is 0.472 e. The molecule has 0 amide bonds. The first-order valence-electron chi connectivity index (χ1n) is 20.2. The number of benzene rings is 1. The summed E-state index contributed by atoms with van der Waals surface area (Å²) in [6.07, 6.45) is 20.3. The molecule has 3 aromatic rings. The van der Waals surface area contributed by atoms with Crippen molar-refractivity contribution in [1.29, 1.82) is 10.5 Å². The van der Waals surface area contributed by atoms with Crippen molar-refractivity contribution in [3.63, 3.8) is 0 Å².